The number of hydrogen-bond acceptors (Lipinski definition) is 4. The van der Waals surface area contributed by atoms with Gasteiger partial charge in [0.1, 0.15) is 0 Å². The highest BCUT2D eigenvalue weighted by atomic mass is 16.5. The first-order valence-electron chi connectivity index (χ1n) is 3.40. The van der Waals surface area contributed by atoms with E-state index in [0.717, 1.165) is 0 Å². The molecule has 0 saturated heterocycles. The summed E-state index contributed by atoms with van der Waals surface area (Å²) in [5.41, 5.74) is 0. The number of esters is 1. The molecule has 62 valence electrons. The van der Waals surface area contributed by atoms with E-state index in [-0.39, 0.29) is 19.6 Å². The van der Waals surface area contributed by atoms with Crippen molar-refractivity contribution >= 4 is 5.97 Å². The molecule has 11 heavy (non-hydrogen) atoms. The van der Waals surface area contributed by atoms with Crippen molar-refractivity contribution in [3.05, 3.63) is 0 Å². The lowest BCUT2D eigenvalue weighted by atomic mass is 10.1. The first-order chi connectivity index (χ1) is 5.26. The fourth-order valence-electron chi connectivity index (χ4n) is 0.593. The Labute approximate surface area is 65.4 Å². The average molecular weight is 157 g/mol. The molecule has 0 aliphatic carbocycles. The molecule has 1 atom stereocenters. The summed E-state index contributed by atoms with van der Waals surface area (Å²) in [5.74, 6) is -1.18. The van der Waals surface area contributed by atoms with Crippen molar-refractivity contribution in [2.45, 2.75) is 13.3 Å². The highest BCUT2D eigenvalue weighted by Crippen LogP contribution is 2.03. The minimum atomic E-state index is -0.681. The lowest BCUT2D eigenvalue weighted by Crippen LogP contribution is -2.20. The van der Waals surface area contributed by atoms with Gasteiger partial charge in [-0.25, -0.2) is 0 Å². The van der Waals surface area contributed by atoms with E-state index in [9.17, 15) is 4.79 Å². The molecule has 0 bridgehead atoms. The maximum Gasteiger partial charge on any atom is 0.312 e. The molecular formula is C7H11NO3. The SMILES string of the molecule is CCOC(=O)C(CO)CC#N. The molecule has 0 saturated carbocycles. The van der Waals surface area contributed by atoms with Gasteiger partial charge in [0.2, 0.25) is 0 Å². The normalized spacial score (nSPS) is 11.7. The molecule has 0 rings (SSSR count). The number of carbonyl (C=O) groups excluding carboxylic acids is 1. The lowest BCUT2D eigenvalue weighted by Gasteiger charge is -2.07. The van der Waals surface area contributed by atoms with E-state index in [1.165, 1.54) is 0 Å². The summed E-state index contributed by atoms with van der Waals surface area (Å²) in [4.78, 5) is 10.8. The topological polar surface area (TPSA) is 70.3 Å². The summed E-state index contributed by atoms with van der Waals surface area (Å²) in [6.07, 6.45) is 0.00926. The van der Waals surface area contributed by atoms with E-state index in [0.29, 0.717) is 0 Å². The minimum Gasteiger partial charge on any atom is -0.466 e. The van der Waals surface area contributed by atoms with E-state index in [1.54, 1.807) is 13.0 Å². The van der Waals surface area contributed by atoms with Crippen LogP contribution in [0.4, 0.5) is 0 Å². The molecule has 1 unspecified atom stereocenters. The maximum absolute atomic E-state index is 10.8. The summed E-state index contributed by atoms with van der Waals surface area (Å²) in [6.45, 7) is 1.63. The van der Waals surface area contributed by atoms with Gasteiger partial charge in [-0.05, 0) is 6.92 Å². The Morgan fingerprint density at radius 2 is 2.45 bits per heavy atom. The molecular weight excluding hydrogens is 146 g/mol. The highest BCUT2D eigenvalue weighted by molar-refractivity contribution is 5.72. The highest BCUT2D eigenvalue weighted by Gasteiger charge is 2.17. The Hall–Kier alpha value is -1.08. The zero-order valence-corrected chi connectivity index (χ0v) is 6.41. The van der Waals surface area contributed by atoms with Gasteiger partial charge >= 0.3 is 5.97 Å². The summed E-state index contributed by atoms with van der Waals surface area (Å²) in [5, 5.41) is 16.8. The molecule has 0 fully saturated rings. The lowest BCUT2D eigenvalue weighted by molar-refractivity contribution is -0.149. The predicted molar refractivity (Wildman–Crippen MR) is 37.4 cm³/mol. The van der Waals surface area contributed by atoms with Crippen molar-refractivity contribution < 1.29 is 14.6 Å². The molecule has 0 heterocycles. The number of hydrogen-bond donors (Lipinski definition) is 1. The zero-order valence-electron chi connectivity index (χ0n) is 6.41. The number of carbonyl (C=O) groups is 1. The third-order valence-corrected chi connectivity index (χ3v) is 1.18. The average Bonchev–Trinajstić information content (AvgIpc) is 2.00. The van der Waals surface area contributed by atoms with Crippen LogP contribution >= 0.6 is 0 Å². The standard InChI is InChI=1S/C7H11NO3/c1-2-11-7(10)6(5-9)3-4-8/h6,9H,2-3,5H2,1H3. The Morgan fingerprint density at radius 1 is 1.82 bits per heavy atom. The van der Waals surface area contributed by atoms with Gasteiger partial charge in [-0.3, -0.25) is 4.79 Å². The summed E-state index contributed by atoms with van der Waals surface area (Å²) in [6, 6.07) is 1.80. The number of aliphatic hydroxyl groups is 1. The smallest absolute Gasteiger partial charge is 0.312 e. The zero-order chi connectivity index (χ0) is 8.69. The van der Waals surface area contributed by atoms with Crippen molar-refractivity contribution in [1.82, 2.24) is 0 Å². The van der Waals surface area contributed by atoms with Crippen molar-refractivity contribution in [2.75, 3.05) is 13.2 Å². The molecule has 0 aliphatic rings. The van der Waals surface area contributed by atoms with Crippen LogP contribution in [0.15, 0.2) is 0 Å². The van der Waals surface area contributed by atoms with E-state index in [2.05, 4.69) is 4.74 Å². The molecule has 0 aliphatic heterocycles. The number of nitriles is 1. The van der Waals surface area contributed by atoms with Gasteiger partial charge in [0.05, 0.1) is 31.6 Å². The summed E-state index contributed by atoms with van der Waals surface area (Å²) < 4.78 is 4.60. The van der Waals surface area contributed by atoms with Crippen LogP contribution in [0, 0.1) is 17.2 Å². The van der Waals surface area contributed by atoms with Gasteiger partial charge in [0.15, 0.2) is 0 Å². The fourth-order valence-corrected chi connectivity index (χ4v) is 0.593. The van der Waals surface area contributed by atoms with Gasteiger partial charge < -0.3 is 9.84 Å². The second kappa shape index (κ2) is 5.69. The van der Waals surface area contributed by atoms with E-state index < -0.39 is 11.9 Å². The second-order valence-corrected chi connectivity index (χ2v) is 1.99. The third kappa shape index (κ3) is 3.58. The molecule has 0 aromatic heterocycles. The summed E-state index contributed by atoms with van der Waals surface area (Å²) >= 11 is 0. The molecule has 0 aromatic rings. The predicted octanol–water partition coefficient (Wildman–Crippen LogP) is 0.0717. The third-order valence-electron chi connectivity index (χ3n) is 1.18. The largest absolute Gasteiger partial charge is 0.466 e. The molecule has 0 amide bonds. The molecule has 4 heteroatoms. The number of rotatable bonds is 4. The summed E-state index contributed by atoms with van der Waals surface area (Å²) in [7, 11) is 0. The molecule has 0 radical (unpaired) electrons. The first kappa shape index (κ1) is 9.92. The Morgan fingerprint density at radius 3 is 2.82 bits per heavy atom. The molecule has 1 N–H and O–H groups in total. The number of nitrogens with zero attached hydrogens (tertiary/aromatic N) is 1. The van der Waals surface area contributed by atoms with E-state index in [4.69, 9.17) is 10.4 Å². The molecule has 4 nitrogen and oxygen atoms in total. The van der Waals surface area contributed by atoms with Crippen molar-refractivity contribution in [3.8, 4) is 6.07 Å². The van der Waals surface area contributed by atoms with Crippen LogP contribution in [-0.4, -0.2) is 24.3 Å². The Kier molecular flexibility index (Phi) is 5.13. The second-order valence-electron chi connectivity index (χ2n) is 1.99. The number of aliphatic hydroxyl groups excluding tert-OH is 1. The Balaban J connectivity index is 3.83. The minimum absolute atomic E-state index is 0.00926. The van der Waals surface area contributed by atoms with E-state index >= 15 is 0 Å². The van der Waals surface area contributed by atoms with Crippen molar-refractivity contribution in [2.24, 2.45) is 5.92 Å². The molecule has 0 spiro atoms. The van der Waals surface area contributed by atoms with Gasteiger partial charge in [0, 0.05) is 0 Å². The molecule has 0 aromatic carbocycles. The van der Waals surface area contributed by atoms with Gasteiger partial charge in [-0.1, -0.05) is 0 Å². The van der Waals surface area contributed by atoms with Gasteiger partial charge in [-0.15, -0.1) is 0 Å². The monoisotopic (exact) mass is 157 g/mol. The van der Waals surface area contributed by atoms with Crippen LogP contribution in [0.1, 0.15) is 13.3 Å². The van der Waals surface area contributed by atoms with Gasteiger partial charge in [-0.2, -0.15) is 5.26 Å². The van der Waals surface area contributed by atoms with Crippen LogP contribution in [-0.2, 0) is 9.53 Å². The van der Waals surface area contributed by atoms with Crippen molar-refractivity contribution in [3.63, 3.8) is 0 Å². The first-order valence-corrected chi connectivity index (χ1v) is 3.40. The van der Waals surface area contributed by atoms with E-state index in [1.807, 2.05) is 0 Å². The van der Waals surface area contributed by atoms with Crippen LogP contribution in [0.3, 0.4) is 0 Å². The quantitative estimate of drug-likeness (QED) is 0.586. The van der Waals surface area contributed by atoms with Crippen LogP contribution < -0.4 is 0 Å². The van der Waals surface area contributed by atoms with Crippen molar-refractivity contribution in [1.29, 1.82) is 5.26 Å². The van der Waals surface area contributed by atoms with Crippen LogP contribution in [0.5, 0.6) is 0 Å². The number of ether oxygens (including phenoxy) is 1. The van der Waals surface area contributed by atoms with Gasteiger partial charge in [0.25, 0.3) is 0 Å². The Bertz CT molecular complexity index is 162. The maximum atomic E-state index is 10.8. The fraction of sp³-hybridized carbons (Fsp3) is 0.714. The van der Waals surface area contributed by atoms with Crippen LogP contribution in [0.25, 0.3) is 0 Å². The van der Waals surface area contributed by atoms with Crippen LogP contribution in [0.2, 0.25) is 0 Å².